The van der Waals surface area contributed by atoms with Crippen molar-refractivity contribution in [3.8, 4) is 0 Å². The van der Waals surface area contributed by atoms with Gasteiger partial charge in [-0.25, -0.2) is 0 Å². The molecule has 0 spiro atoms. The minimum absolute atomic E-state index is 0.0809. The van der Waals surface area contributed by atoms with E-state index in [2.05, 4.69) is 27.2 Å². The molecule has 0 saturated heterocycles. The van der Waals surface area contributed by atoms with Crippen LogP contribution in [0.2, 0.25) is 5.28 Å². The molecule has 1 aliphatic carbocycles. The van der Waals surface area contributed by atoms with Crippen molar-refractivity contribution in [2.75, 3.05) is 29.9 Å². The second kappa shape index (κ2) is 6.15. The van der Waals surface area contributed by atoms with Gasteiger partial charge < -0.3 is 15.3 Å². The minimum Gasteiger partial charge on any atom is -0.395 e. The van der Waals surface area contributed by atoms with E-state index in [0.29, 0.717) is 24.5 Å². The fourth-order valence-electron chi connectivity index (χ4n) is 1.72. The Morgan fingerprint density at radius 1 is 1.39 bits per heavy atom. The monoisotopic (exact) mass is 271 g/mol. The molecule has 0 aliphatic heterocycles. The molecule has 0 unspecified atom stereocenters. The maximum absolute atomic E-state index is 9.09. The highest BCUT2D eigenvalue weighted by Gasteiger charge is 2.31. The van der Waals surface area contributed by atoms with Crippen LogP contribution in [0.1, 0.15) is 26.2 Å². The number of nitrogens with one attached hydrogen (secondary N) is 1. The Hall–Kier alpha value is -1.14. The molecule has 7 heteroatoms. The van der Waals surface area contributed by atoms with Gasteiger partial charge in [-0.3, -0.25) is 0 Å². The number of aliphatic hydroxyl groups excluding tert-OH is 1. The third kappa shape index (κ3) is 3.43. The van der Waals surface area contributed by atoms with Crippen LogP contribution < -0.4 is 10.2 Å². The molecule has 1 heterocycles. The summed E-state index contributed by atoms with van der Waals surface area (Å²) in [5.74, 6) is 1.04. The van der Waals surface area contributed by atoms with E-state index in [0.717, 1.165) is 25.8 Å². The molecule has 0 bridgehead atoms. The van der Waals surface area contributed by atoms with E-state index >= 15 is 0 Å². The predicted molar refractivity (Wildman–Crippen MR) is 71.1 cm³/mol. The lowest BCUT2D eigenvalue weighted by Gasteiger charge is -2.21. The van der Waals surface area contributed by atoms with Gasteiger partial charge in [0.1, 0.15) is 0 Å². The molecule has 0 radical (unpaired) electrons. The van der Waals surface area contributed by atoms with Gasteiger partial charge in [-0.2, -0.15) is 15.0 Å². The third-order valence-corrected chi connectivity index (χ3v) is 2.88. The van der Waals surface area contributed by atoms with E-state index < -0.39 is 0 Å². The quantitative estimate of drug-likeness (QED) is 0.779. The Balaban J connectivity index is 2.16. The molecular weight excluding hydrogens is 254 g/mol. The highest BCUT2D eigenvalue weighted by atomic mass is 35.5. The molecule has 6 nitrogen and oxygen atoms in total. The molecule has 0 amide bonds. The van der Waals surface area contributed by atoms with Gasteiger partial charge in [0.25, 0.3) is 0 Å². The average Bonchev–Trinajstić information content (AvgIpc) is 3.17. The molecule has 0 atom stereocenters. The van der Waals surface area contributed by atoms with Gasteiger partial charge >= 0.3 is 0 Å². The summed E-state index contributed by atoms with van der Waals surface area (Å²) in [5.41, 5.74) is 0. The van der Waals surface area contributed by atoms with Crippen molar-refractivity contribution < 1.29 is 5.11 Å². The molecule has 2 rings (SSSR count). The van der Waals surface area contributed by atoms with Crippen LogP contribution in [0.15, 0.2) is 0 Å². The van der Waals surface area contributed by atoms with Gasteiger partial charge in [0, 0.05) is 19.1 Å². The first-order valence-corrected chi connectivity index (χ1v) is 6.65. The first-order valence-electron chi connectivity index (χ1n) is 6.27. The Bertz CT molecular complexity index is 399. The SMILES string of the molecule is CCCNc1nc(Cl)nc(N(CCO)C2CC2)n1. The standard InChI is InChI=1S/C11H18ClN5O/c1-2-5-13-10-14-9(12)15-11(16-10)17(6-7-18)8-3-4-8/h8,18H,2-7H2,1H3,(H,13,14,15,16). The lowest BCUT2D eigenvalue weighted by molar-refractivity contribution is 0.300. The molecular formula is C11H18ClN5O. The van der Waals surface area contributed by atoms with Crippen molar-refractivity contribution in [2.45, 2.75) is 32.2 Å². The van der Waals surface area contributed by atoms with Gasteiger partial charge in [0.2, 0.25) is 17.2 Å². The number of aliphatic hydroxyl groups is 1. The van der Waals surface area contributed by atoms with Crippen molar-refractivity contribution in [3.63, 3.8) is 0 Å². The highest BCUT2D eigenvalue weighted by Crippen LogP contribution is 2.30. The number of hydrogen-bond acceptors (Lipinski definition) is 6. The van der Waals surface area contributed by atoms with Crippen LogP contribution in [0.3, 0.4) is 0 Å². The zero-order chi connectivity index (χ0) is 13.0. The summed E-state index contributed by atoms with van der Waals surface area (Å²) in [5, 5.41) is 12.4. The first kappa shape index (κ1) is 13.3. The highest BCUT2D eigenvalue weighted by molar-refractivity contribution is 6.28. The van der Waals surface area contributed by atoms with Crippen LogP contribution in [0.5, 0.6) is 0 Å². The molecule has 18 heavy (non-hydrogen) atoms. The van der Waals surface area contributed by atoms with E-state index in [-0.39, 0.29) is 11.9 Å². The number of anilines is 2. The molecule has 1 aromatic rings. The molecule has 1 fully saturated rings. The molecule has 0 aromatic carbocycles. The van der Waals surface area contributed by atoms with Crippen molar-refractivity contribution >= 4 is 23.5 Å². The molecule has 100 valence electrons. The number of halogens is 1. The summed E-state index contributed by atoms with van der Waals surface area (Å²) >= 11 is 5.91. The van der Waals surface area contributed by atoms with E-state index in [9.17, 15) is 0 Å². The Morgan fingerprint density at radius 3 is 2.78 bits per heavy atom. The summed E-state index contributed by atoms with van der Waals surface area (Å²) in [6.07, 6.45) is 3.21. The number of rotatable bonds is 7. The third-order valence-electron chi connectivity index (χ3n) is 2.71. The zero-order valence-electron chi connectivity index (χ0n) is 10.4. The first-order chi connectivity index (χ1) is 8.74. The van der Waals surface area contributed by atoms with Crippen LogP contribution in [0.25, 0.3) is 0 Å². The number of hydrogen-bond donors (Lipinski definition) is 2. The Morgan fingerprint density at radius 2 is 2.17 bits per heavy atom. The van der Waals surface area contributed by atoms with Crippen LogP contribution in [0.4, 0.5) is 11.9 Å². The minimum atomic E-state index is 0.0809. The van der Waals surface area contributed by atoms with E-state index in [1.807, 2.05) is 4.90 Å². The average molecular weight is 272 g/mol. The van der Waals surface area contributed by atoms with Crippen molar-refractivity contribution in [1.29, 1.82) is 0 Å². The summed E-state index contributed by atoms with van der Waals surface area (Å²) in [6.45, 7) is 3.47. The largest absolute Gasteiger partial charge is 0.395 e. The van der Waals surface area contributed by atoms with Gasteiger partial charge in [-0.05, 0) is 30.9 Å². The molecule has 2 N–H and O–H groups in total. The molecule has 1 aromatic heterocycles. The maximum Gasteiger partial charge on any atom is 0.231 e. The van der Waals surface area contributed by atoms with Crippen LogP contribution in [-0.4, -0.2) is 45.8 Å². The second-order valence-electron chi connectivity index (χ2n) is 4.30. The number of nitrogens with zero attached hydrogens (tertiary/aromatic N) is 4. The van der Waals surface area contributed by atoms with Gasteiger partial charge in [-0.1, -0.05) is 6.92 Å². The van der Waals surface area contributed by atoms with Gasteiger partial charge in [-0.15, -0.1) is 0 Å². The van der Waals surface area contributed by atoms with Crippen LogP contribution in [0, 0.1) is 0 Å². The Labute approximate surface area is 111 Å². The fourth-order valence-corrected chi connectivity index (χ4v) is 1.88. The summed E-state index contributed by atoms with van der Waals surface area (Å²) in [7, 11) is 0. The van der Waals surface area contributed by atoms with Crippen molar-refractivity contribution in [2.24, 2.45) is 0 Å². The van der Waals surface area contributed by atoms with E-state index in [1.165, 1.54) is 0 Å². The van der Waals surface area contributed by atoms with Crippen molar-refractivity contribution in [3.05, 3.63) is 5.28 Å². The van der Waals surface area contributed by atoms with Crippen molar-refractivity contribution in [1.82, 2.24) is 15.0 Å². The topological polar surface area (TPSA) is 74.2 Å². The predicted octanol–water partition coefficient (Wildman–Crippen LogP) is 1.31. The summed E-state index contributed by atoms with van der Waals surface area (Å²) in [4.78, 5) is 14.5. The smallest absolute Gasteiger partial charge is 0.231 e. The lowest BCUT2D eigenvalue weighted by Crippen LogP contribution is -2.31. The molecule has 1 aliphatic rings. The maximum atomic E-state index is 9.09. The number of aromatic nitrogens is 3. The van der Waals surface area contributed by atoms with E-state index in [4.69, 9.17) is 16.7 Å². The summed E-state index contributed by atoms with van der Waals surface area (Å²) in [6, 6.07) is 0.426. The zero-order valence-corrected chi connectivity index (χ0v) is 11.2. The van der Waals surface area contributed by atoms with Gasteiger partial charge in [0.05, 0.1) is 6.61 Å². The molecule has 1 saturated carbocycles. The normalized spacial score (nSPS) is 14.6. The summed E-state index contributed by atoms with van der Waals surface area (Å²) < 4.78 is 0. The van der Waals surface area contributed by atoms with Gasteiger partial charge in [0.15, 0.2) is 0 Å². The second-order valence-corrected chi connectivity index (χ2v) is 4.64. The lowest BCUT2D eigenvalue weighted by atomic mass is 10.5. The Kier molecular flexibility index (Phi) is 4.54. The van der Waals surface area contributed by atoms with E-state index in [1.54, 1.807) is 0 Å². The fraction of sp³-hybridized carbons (Fsp3) is 0.727. The van der Waals surface area contributed by atoms with Crippen LogP contribution in [-0.2, 0) is 0 Å². The van der Waals surface area contributed by atoms with Crippen LogP contribution >= 0.6 is 11.6 Å².